The Balaban J connectivity index is 1.71. The highest BCUT2D eigenvalue weighted by atomic mass is 35.5. The number of hydrogen-bond donors (Lipinski definition) is 1. The fourth-order valence-corrected chi connectivity index (χ4v) is 4.24. The second kappa shape index (κ2) is 6.73. The van der Waals surface area contributed by atoms with Gasteiger partial charge in [-0.2, -0.15) is 0 Å². The molecule has 4 heteroatoms. The van der Waals surface area contributed by atoms with Crippen LogP contribution in [0.4, 0.5) is 0 Å². The van der Waals surface area contributed by atoms with Crippen LogP contribution in [0.1, 0.15) is 47.8 Å². The maximum atomic E-state index is 13.0. The number of Topliss-reactive ketones (excluding diaryl/α,β-unsaturated/α-hetero) is 1. The average Bonchev–Trinajstić information content (AvgIpc) is 2.61. The first-order valence-electron chi connectivity index (χ1n) is 8.89. The van der Waals surface area contributed by atoms with E-state index in [4.69, 9.17) is 11.6 Å². The van der Waals surface area contributed by atoms with Crippen molar-refractivity contribution in [3.8, 4) is 0 Å². The Morgan fingerprint density at radius 1 is 0.962 bits per heavy atom. The van der Waals surface area contributed by atoms with Crippen molar-refractivity contribution in [1.29, 1.82) is 0 Å². The van der Waals surface area contributed by atoms with Crippen molar-refractivity contribution in [2.24, 2.45) is 0 Å². The number of nitrogens with one attached hydrogen (secondary N) is 1. The number of allylic oxidation sites excluding steroid dienone is 2. The Hall–Kier alpha value is -2.39. The highest BCUT2D eigenvalue weighted by Crippen LogP contribution is 2.42. The van der Waals surface area contributed by atoms with Gasteiger partial charge in [0.2, 0.25) is 5.91 Å². The van der Waals surface area contributed by atoms with Crippen LogP contribution in [-0.4, -0.2) is 11.7 Å². The highest BCUT2D eigenvalue weighted by molar-refractivity contribution is 6.30. The van der Waals surface area contributed by atoms with E-state index in [2.05, 4.69) is 29.6 Å². The highest BCUT2D eigenvalue weighted by Gasteiger charge is 2.38. The third kappa shape index (κ3) is 3.19. The first-order valence-corrected chi connectivity index (χ1v) is 9.27. The van der Waals surface area contributed by atoms with Crippen LogP contribution in [0.2, 0.25) is 5.02 Å². The van der Waals surface area contributed by atoms with Crippen LogP contribution >= 0.6 is 11.6 Å². The zero-order valence-corrected chi connectivity index (χ0v) is 15.3. The molecule has 3 nitrogen and oxygen atoms in total. The summed E-state index contributed by atoms with van der Waals surface area (Å²) in [5.41, 5.74) is 4.82. The molecule has 0 aromatic heterocycles. The van der Waals surface area contributed by atoms with Crippen LogP contribution < -0.4 is 5.32 Å². The Labute approximate surface area is 158 Å². The number of hydrogen-bond acceptors (Lipinski definition) is 2. The van der Waals surface area contributed by atoms with Crippen molar-refractivity contribution in [1.82, 2.24) is 5.32 Å². The van der Waals surface area contributed by atoms with Crippen LogP contribution in [0.15, 0.2) is 59.8 Å². The van der Waals surface area contributed by atoms with Crippen LogP contribution in [0.25, 0.3) is 0 Å². The smallest absolute Gasteiger partial charge is 0.225 e. The summed E-state index contributed by atoms with van der Waals surface area (Å²) in [4.78, 5) is 25.3. The van der Waals surface area contributed by atoms with Crippen molar-refractivity contribution >= 4 is 23.3 Å². The lowest BCUT2D eigenvalue weighted by atomic mass is 9.73. The first-order chi connectivity index (χ1) is 12.5. The van der Waals surface area contributed by atoms with E-state index in [9.17, 15) is 9.59 Å². The minimum absolute atomic E-state index is 0.0360. The van der Waals surface area contributed by atoms with E-state index in [1.165, 1.54) is 5.56 Å². The molecule has 2 aromatic carbocycles. The van der Waals surface area contributed by atoms with Crippen molar-refractivity contribution < 1.29 is 9.59 Å². The summed E-state index contributed by atoms with van der Waals surface area (Å²) in [5.74, 6) is -0.00272. The summed E-state index contributed by atoms with van der Waals surface area (Å²) in [6, 6.07) is 15.8. The molecule has 1 amide bonds. The minimum Gasteiger partial charge on any atom is -0.329 e. The number of halogens is 1. The monoisotopic (exact) mass is 365 g/mol. The molecule has 2 aromatic rings. The van der Waals surface area contributed by atoms with E-state index in [1.807, 2.05) is 25.1 Å². The zero-order chi connectivity index (χ0) is 18.3. The van der Waals surface area contributed by atoms with Crippen molar-refractivity contribution in [2.75, 3.05) is 0 Å². The maximum Gasteiger partial charge on any atom is 0.225 e. The third-order valence-electron chi connectivity index (χ3n) is 5.34. The molecule has 1 aliphatic carbocycles. The summed E-state index contributed by atoms with van der Waals surface area (Å²) in [7, 11) is 0. The van der Waals surface area contributed by atoms with Gasteiger partial charge in [-0.05, 0) is 42.5 Å². The summed E-state index contributed by atoms with van der Waals surface area (Å²) in [5, 5.41) is 3.58. The third-order valence-corrected chi connectivity index (χ3v) is 5.57. The topological polar surface area (TPSA) is 46.2 Å². The Morgan fingerprint density at radius 2 is 1.73 bits per heavy atom. The zero-order valence-electron chi connectivity index (χ0n) is 14.6. The number of aryl methyl sites for hydroxylation is 1. The summed E-state index contributed by atoms with van der Waals surface area (Å²) < 4.78 is 0. The molecule has 1 aliphatic heterocycles. The van der Waals surface area contributed by atoms with Gasteiger partial charge in [-0.25, -0.2) is 0 Å². The molecule has 0 radical (unpaired) electrons. The van der Waals surface area contributed by atoms with E-state index in [-0.39, 0.29) is 23.5 Å². The van der Waals surface area contributed by atoms with Crippen molar-refractivity contribution in [2.45, 2.75) is 38.0 Å². The number of amides is 1. The van der Waals surface area contributed by atoms with Crippen LogP contribution in [-0.2, 0) is 9.59 Å². The number of carbonyl (C=O) groups excluding carboxylic acids is 2. The van der Waals surface area contributed by atoms with Crippen molar-refractivity contribution in [3.05, 3.63) is 81.5 Å². The minimum atomic E-state index is -0.205. The molecule has 4 rings (SSSR count). The standard InChI is InChI=1S/C22H20ClNO2/c1-13-5-7-14(8-6-13)16-10-19-22(20(25)11-16)18(12-21(26)24-19)15-3-2-4-17(23)9-15/h2-9,16,18H,10-12H2,1H3,(H,24,26). The maximum absolute atomic E-state index is 13.0. The summed E-state index contributed by atoms with van der Waals surface area (Å²) in [6.07, 6.45) is 1.46. The van der Waals surface area contributed by atoms with Gasteiger partial charge in [-0.15, -0.1) is 0 Å². The van der Waals surface area contributed by atoms with Gasteiger partial charge < -0.3 is 5.32 Å². The number of carbonyl (C=O) groups is 2. The molecule has 2 atom stereocenters. The lowest BCUT2D eigenvalue weighted by molar-refractivity contribution is -0.122. The first kappa shape index (κ1) is 17.0. The second-order valence-electron chi connectivity index (χ2n) is 7.19. The molecule has 0 bridgehead atoms. The molecule has 2 unspecified atom stereocenters. The summed E-state index contributed by atoms with van der Waals surface area (Å²) >= 11 is 6.13. The SMILES string of the molecule is Cc1ccc(C2CC(=O)C3=C(C2)NC(=O)CC3c2cccc(Cl)c2)cc1. The van der Waals surface area contributed by atoms with E-state index >= 15 is 0 Å². The van der Waals surface area contributed by atoms with E-state index in [1.54, 1.807) is 6.07 Å². The Kier molecular flexibility index (Phi) is 4.41. The van der Waals surface area contributed by atoms with Gasteiger partial charge in [-0.3, -0.25) is 9.59 Å². The molecule has 0 saturated carbocycles. The van der Waals surface area contributed by atoms with Crippen LogP contribution in [0.3, 0.4) is 0 Å². The predicted octanol–water partition coefficient (Wildman–Crippen LogP) is 4.65. The van der Waals surface area contributed by atoms with Gasteiger partial charge in [-0.1, -0.05) is 53.6 Å². The van der Waals surface area contributed by atoms with Gasteiger partial charge in [0, 0.05) is 35.1 Å². The molecular weight excluding hydrogens is 346 g/mol. The quantitative estimate of drug-likeness (QED) is 0.841. The molecule has 0 fully saturated rings. The average molecular weight is 366 g/mol. The lowest BCUT2D eigenvalue weighted by Gasteiger charge is -2.34. The van der Waals surface area contributed by atoms with Gasteiger partial charge in [0.05, 0.1) is 0 Å². The number of benzene rings is 2. The number of rotatable bonds is 2. The largest absolute Gasteiger partial charge is 0.329 e. The summed E-state index contributed by atoms with van der Waals surface area (Å²) in [6.45, 7) is 2.05. The normalized spacial score (nSPS) is 22.8. The van der Waals surface area contributed by atoms with Gasteiger partial charge in [0.1, 0.15) is 0 Å². The Morgan fingerprint density at radius 3 is 2.46 bits per heavy atom. The van der Waals surface area contributed by atoms with E-state index < -0.39 is 0 Å². The molecule has 1 heterocycles. The fraction of sp³-hybridized carbons (Fsp3) is 0.273. The molecule has 26 heavy (non-hydrogen) atoms. The van der Waals surface area contributed by atoms with Gasteiger partial charge in [0.15, 0.2) is 5.78 Å². The second-order valence-corrected chi connectivity index (χ2v) is 7.63. The molecule has 0 spiro atoms. The molecule has 132 valence electrons. The lowest BCUT2D eigenvalue weighted by Crippen LogP contribution is -2.38. The fourth-order valence-electron chi connectivity index (χ4n) is 4.04. The predicted molar refractivity (Wildman–Crippen MR) is 102 cm³/mol. The van der Waals surface area contributed by atoms with E-state index in [0.29, 0.717) is 24.3 Å². The molecular formula is C22H20ClNO2. The molecule has 1 N–H and O–H groups in total. The Bertz CT molecular complexity index is 914. The van der Waals surface area contributed by atoms with E-state index in [0.717, 1.165) is 22.4 Å². The van der Waals surface area contributed by atoms with Gasteiger partial charge in [0.25, 0.3) is 0 Å². The number of ketones is 1. The van der Waals surface area contributed by atoms with Gasteiger partial charge >= 0.3 is 0 Å². The molecule has 2 aliphatic rings. The van der Waals surface area contributed by atoms with Crippen molar-refractivity contribution in [3.63, 3.8) is 0 Å². The van der Waals surface area contributed by atoms with Crippen LogP contribution in [0, 0.1) is 6.92 Å². The molecule has 0 saturated heterocycles. The van der Waals surface area contributed by atoms with Crippen LogP contribution in [0.5, 0.6) is 0 Å².